The van der Waals surface area contributed by atoms with E-state index in [1.807, 2.05) is 18.2 Å². The van der Waals surface area contributed by atoms with E-state index in [4.69, 9.17) is 10.5 Å². The molecule has 0 saturated heterocycles. The lowest BCUT2D eigenvalue weighted by molar-refractivity contribution is -0.112. The summed E-state index contributed by atoms with van der Waals surface area (Å²) in [5, 5.41) is 12.7. The van der Waals surface area contributed by atoms with Crippen molar-refractivity contribution in [1.29, 1.82) is 5.26 Å². The number of thiophene rings is 1. The van der Waals surface area contributed by atoms with Crippen LogP contribution in [-0.4, -0.2) is 18.4 Å². The molecule has 7 heteroatoms. The topological polar surface area (TPSA) is 105 Å². The fourth-order valence-electron chi connectivity index (χ4n) is 3.58. The molecule has 0 bridgehead atoms. The van der Waals surface area contributed by atoms with Crippen LogP contribution in [-0.2, 0) is 17.6 Å². The second-order valence-electron chi connectivity index (χ2n) is 7.82. The van der Waals surface area contributed by atoms with Gasteiger partial charge in [-0.15, -0.1) is 11.3 Å². The van der Waals surface area contributed by atoms with Crippen LogP contribution in [0.2, 0.25) is 0 Å². The number of unbranched alkanes of at least 4 members (excludes halogenated alkanes) is 1. The first-order valence-electron chi connectivity index (χ1n) is 10.5. The molecule has 6 nitrogen and oxygen atoms in total. The number of carbonyl (C=O) groups excluding carboxylic acids is 2. The number of benzene rings is 1. The van der Waals surface area contributed by atoms with Crippen molar-refractivity contribution in [1.82, 2.24) is 0 Å². The predicted molar refractivity (Wildman–Crippen MR) is 123 cm³/mol. The highest BCUT2D eigenvalue weighted by Crippen LogP contribution is 2.39. The standard InChI is InChI=1S/C24H27N3O3S/c1-3-4-11-30-18-8-6-16(7-9-18)13-17(14-25)23(29)27-24-21(22(26)28)19-10-5-15(2)12-20(19)31-24/h6-9,13,15H,3-5,10-12H2,1-2H3,(H2,26,28)(H,27,29)/b17-13+. The van der Waals surface area contributed by atoms with Gasteiger partial charge in [-0.05, 0) is 60.9 Å². The maximum Gasteiger partial charge on any atom is 0.266 e. The molecule has 1 heterocycles. The van der Waals surface area contributed by atoms with E-state index in [0.717, 1.165) is 48.3 Å². The highest BCUT2D eigenvalue weighted by atomic mass is 32.1. The molecule has 2 aromatic rings. The molecule has 1 aliphatic carbocycles. The van der Waals surface area contributed by atoms with Crippen LogP contribution in [0.1, 0.15) is 59.5 Å². The number of nitrogens with one attached hydrogen (secondary N) is 1. The maximum absolute atomic E-state index is 12.8. The monoisotopic (exact) mass is 437 g/mol. The number of primary amides is 1. The number of nitrogens with two attached hydrogens (primary N) is 1. The Morgan fingerprint density at radius 1 is 1.35 bits per heavy atom. The number of amides is 2. The lowest BCUT2D eigenvalue weighted by Crippen LogP contribution is -2.19. The Hall–Kier alpha value is -3.11. The third-order valence-corrected chi connectivity index (χ3v) is 6.48. The van der Waals surface area contributed by atoms with Crippen LogP contribution in [0.15, 0.2) is 29.8 Å². The second kappa shape index (κ2) is 10.3. The van der Waals surface area contributed by atoms with Gasteiger partial charge in [0.25, 0.3) is 11.8 Å². The quantitative estimate of drug-likeness (QED) is 0.355. The van der Waals surface area contributed by atoms with E-state index in [1.165, 1.54) is 17.4 Å². The van der Waals surface area contributed by atoms with Crippen LogP contribution >= 0.6 is 11.3 Å². The van der Waals surface area contributed by atoms with Crippen LogP contribution in [0.3, 0.4) is 0 Å². The van der Waals surface area contributed by atoms with Crippen molar-refractivity contribution in [2.24, 2.45) is 11.7 Å². The van der Waals surface area contributed by atoms with E-state index in [2.05, 4.69) is 19.2 Å². The van der Waals surface area contributed by atoms with Gasteiger partial charge < -0.3 is 15.8 Å². The zero-order valence-corrected chi connectivity index (χ0v) is 18.7. The van der Waals surface area contributed by atoms with Gasteiger partial charge in [0.15, 0.2) is 0 Å². The molecular weight excluding hydrogens is 410 g/mol. The van der Waals surface area contributed by atoms with Gasteiger partial charge in [0, 0.05) is 4.88 Å². The zero-order chi connectivity index (χ0) is 22.4. The van der Waals surface area contributed by atoms with Crippen LogP contribution < -0.4 is 15.8 Å². The molecule has 162 valence electrons. The van der Waals surface area contributed by atoms with Crippen LogP contribution in [0.5, 0.6) is 5.75 Å². The summed E-state index contributed by atoms with van der Waals surface area (Å²) in [4.78, 5) is 25.9. The lowest BCUT2D eigenvalue weighted by Gasteiger charge is -2.18. The average Bonchev–Trinajstić information content (AvgIpc) is 3.10. The van der Waals surface area contributed by atoms with Gasteiger partial charge in [-0.2, -0.15) is 5.26 Å². The van der Waals surface area contributed by atoms with Gasteiger partial charge in [0.1, 0.15) is 22.4 Å². The van der Waals surface area contributed by atoms with Crippen molar-refractivity contribution in [3.63, 3.8) is 0 Å². The van der Waals surface area contributed by atoms with Crippen molar-refractivity contribution in [2.45, 2.75) is 46.0 Å². The minimum atomic E-state index is -0.556. The molecule has 1 aliphatic rings. The maximum atomic E-state index is 12.8. The summed E-state index contributed by atoms with van der Waals surface area (Å²) in [7, 11) is 0. The number of carbonyl (C=O) groups is 2. The van der Waals surface area contributed by atoms with E-state index >= 15 is 0 Å². The summed E-state index contributed by atoms with van der Waals surface area (Å²) in [6, 6.07) is 9.17. The molecule has 3 rings (SSSR count). The van der Waals surface area contributed by atoms with Crippen LogP contribution in [0.4, 0.5) is 5.00 Å². The molecule has 0 radical (unpaired) electrons. The molecule has 0 saturated carbocycles. The highest BCUT2D eigenvalue weighted by Gasteiger charge is 2.27. The first-order valence-corrected chi connectivity index (χ1v) is 11.3. The van der Waals surface area contributed by atoms with Crippen LogP contribution in [0.25, 0.3) is 6.08 Å². The smallest absolute Gasteiger partial charge is 0.266 e. The SMILES string of the molecule is CCCCOc1ccc(/C=C(\C#N)C(=O)Nc2sc3c(c2C(N)=O)CCC(C)C3)cc1. The van der Waals surface area contributed by atoms with Gasteiger partial charge in [0.2, 0.25) is 0 Å². The Balaban J connectivity index is 1.77. The number of fused-ring (bicyclic) bond motifs is 1. The van der Waals surface area contributed by atoms with Crippen molar-refractivity contribution in [3.05, 3.63) is 51.4 Å². The Labute approximate surface area is 186 Å². The number of nitriles is 1. The normalized spacial score (nSPS) is 15.6. The Morgan fingerprint density at radius 3 is 2.74 bits per heavy atom. The second-order valence-corrected chi connectivity index (χ2v) is 8.92. The Morgan fingerprint density at radius 2 is 2.10 bits per heavy atom. The van der Waals surface area contributed by atoms with E-state index in [9.17, 15) is 14.9 Å². The molecule has 0 spiro atoms. The first kappa shape index (κ1) is 22.6. The molecule has 0 fully saturated rings. The van der Waals surface area contributed by atoms with Gasteiger partial charge in [0.05, 0.1) is 12.2 Å². The van der Waals surface area contributed by atoms with E-state index in [-0.39, 0.29) is 5.57 Å². The Kier molecular flexibility index (Phi) is 7.48. The number of hydrogen-bond acceptors (Lipinski definition) is 5. The number of rotatable bonds is 8. The number of anilines is 1. The summed E-state index contributed by atoms with van der Waals surface area (Å²) in [6.45, 7) is 4.93. The van der Waals surface area contributed by atoms with Gasteiger partial charge in [-0.3, -0.25) is 9.59 Å². The molecule has 31 heavy (non-hydrogen) atoms. The fourth-order valence-corrected chi connectivity index (χ4v) is 4.99. The predicted octanol–water partition coefficient (Wildman–Crippen LogP) is 4.70. The molecule has 2 amide bonds. The Bertz CT molecular complexity index is 1030. The number of hydrogen-bond donors (Lipinski definition) is 2. The van der Waals surface area contributed by atoms with Gasteiger partial charge >= 0.3 is 0 Å². The fraction of sp³-hybridized carbons (Fsp3) is 0.375. The summed E-state index contributed by atoms with van der Waals surface area (Å²) in [5.41, 5.74) is 7.59. The van der Waals surface area contributed by atoms with E-state index in [1.54, 1.807) is 12.1 Å². The molecule has 1 atom stereocenters. The lowest BCUT2D eigenvalue weighted by atomic mass is 9.88. The van der Waals surface area contributed by atoms with Gasteiger partial charge in [-0.25, -0.2) is 0 Å². The number of ether oxygens (including phenoxy) is 1. The largest absolute Gasteiger partial charge is 0.494 e. The summed E-state index contributed by atoms with van der Waals surface area (Å²) in [6.07, 6.45) is 6.19. The van der Waals surface area contributed by atoms with Crippen LogP contribution in [0, 0.1) is 17.2 Å². The average molecular weight is 438 g/mol. The van der Waals surface area contributed by atoms with Crippen molar-refractivity contribution < 1.29 is 14.3 Å². The molecule has 1 aromatic heterocycles. The molecular formula is C24H27N3O3S. The number of nitrogens with zero attached hydrogens (tertiary/aromatic N) is 1. The van der Waals surface area contributed by atoms with Crippen molar-refractivity contribution in [2.75, 3.05) is 11.9 Å². The minimum Gasteiger partial charge on any atom is -0.494 e. The third-order valence-electron chi connectivity index (χ3n) is 5.31. The molecule has 3 N–H and O–H groups in total. The van der Waals surface area contributed by atoms with Crippen molar-refractivity contribution >= 4 is 34.2 Å². The summed E-state index contributed by atoms with van der Waals surface area (Å²) < 4.78 is 5.63. The molecule has 0 aliphatic heterocycles. The molecule has 1 aromatic carbocycles. The molecule has 1 unspecified atom stereocenters. The highest BCUT2D eigenvalue weighted by molar-refractivity contribution is 7.17. The van der Waals surface area contributed by atoms with Gasteiger partial charge in [-0.1, -0.05) is 32.4 Å². The van der Waals surface area contributed by atoms with E-state index in [0.29, 0.717) is 28.7 Å². The summed E-state index contributed by atoms with van der Waals surface area (Å²) >= 11 is 1.38. The summed E-state index contributed by atoms with van der Waals surface area (Å²) in [5.74, 6) is 0.167. The van der Waals surface area contributed by atoms with E-state index < -0.39 is 11.8 Å². The van der Waals surface area contributed by atoms with Crippen molar-refractivity contribution in [3.8, 4) is 11.8 Å². The first-order chi connectivity index (χ1) is 14.9. The zero-order valence-electron chi connectivity index (χ0n) is 17.9. The third kappa shape index (κ3) is 5.53. The minimum absolute atomic E-state index is 0.0465.